The molecule has 300 valence electrons. The van der Waals surface area contributed by atoms with E-state index < -0.39 is 30.5 Å². The highest BCUT2D eigenvalue weighted by molar-refractivity contribution is 9.10. The van der Waals surface area contributed by atoms with Crippen LogP contribution in [-0.2, 0) is 56.5 Å². The predicted octanol–water partition coefficient (Wildman–Crippen LogP) is 11.2. The van der Waals surface area contributed by atoms with Gasteiger partial charge in [-0.15, -0.1) is 0 Å². The average Bonchev–Trinajstić information content (AvgIpc) is 3.27. The number of benzene rings is 6. The summed E-state index contributed by atoms with van der Waals surface area (Å²) in [6.45, 7) is 4.00. The van der Waals surface area contributed by atoms with Gasteiger partial charge in [-0.3, -0.25) is 0 Å². The first kappa shape index (κ1) is 41.6. The fourth-order valence-electron chi connectivity index (χ4n) is 7.17. The lowest BCUT2D eigenvalue weighted by atomic mass is 9.88. The zero-order valence-electron chi connectivity index (χ0n) is 32.4. The molecule has 9 heteroatoms. The molecule has 1 heterocycles. The van der Waals surface area contributed by atoms with E-state index in [0.717, 1.165) is 39.1 Å². The van der Waals surface area contributed by atoms with Crippen LogP contribution in [0.3, 0.4) is 0 Å². The van der Waals surface area contributed by atoms with E-state index in [0.29, 0.717) is 47.9 Å². The fraction of sp³-hybridized carbons (Fsp3) is 0.265. The molecular weight excluding hydrogens is 816 g/mol. The van der Waals surface area contributed by atoms with Crippen molar-refractivity contribution in [2.45, 2.75) is 70.3 Å². The van der Waals surface area contributed by atoms with E-state index in [1.165, 1.54) is 0 Å². The molecule has 0 radical (unpaired) electrons. The van der Waals surface area contributed by atoms with Gasteiger partial charge in [-0.25, -0.2) is 0 Å². The zero-order chi connectivity index (χ0) is 40.1. The number of aromatic hydroxyl groups is 1. The molecule has 0 aliphatic carbocycles. The molecule has 6 aromatic carbocycles. The van der Waals surface area contributed by atoms with Gasteiger partial charge < -0.3 is 33.5 Å². The molecule has 0 aromatic heterocycles. The Hall–Kier alpha value is -4.51. The highest BCUT2D eigenvalue weighted by atomic mass is 79.9. The molecular formula is C49H48BrClO7. The van der Waals surface area contributed by atoms with Gasteiger partial charge in [-0.05, 0) is 80.9 Å². The van der Waals surface area contributed by atoms with E-state index in [1.807, 2.05) is 159 Å². The lowest BCUT2D eigenvalue weighted by molar-refractivity contribution is -0.275. The average molecular weight is 864 g/mol. The number of hydrogen-bond donors (Lipinski definition) is 1. The molecule has 1 saturated heterocycles. The highest BCUT2D eigenvalue weighted by Gasteiger charge is 2.50. The van der Waals surface area contributed by atoms with E-state index in [-0.39, 0.29) is 19.0 Å². The van der Waals surface area contributed by atoms with E-state index in [9.17, 15) is 5.11 Å². The van der Waals surface area contributed by atoms with Crippen molar-refractivity contribution < 1.29 is 33.5 Å². The van der Waals surface area contributed by atoms with Crippen molar-refractivity contribution in [2.24, 2.45) is 0 Å². The van der Waals surface area contributed by atoms with Crippen molar-refractivity contribution in [2.75, 3.05) is 13.2 Å². The van der Waals surface area contributed by atoms with Crippen LogP contribution < -0.4 is 4.74 Å². The summed E-state index contributed by atoms with van der Waals surface area (Å²) in [4.78, 5) is 0. The Kier molecular flexibility index (Phi) is 15.0. The van der Waals surface area contributed by atoms with Crippen LogP contribution in [0, 0.1) is 0 Å². The quantitative estimate of drug-likeness (QED) is 0.0922. The summed E-state index contributed by atoms with van der Waals surface area (Å²) in [7, 11) is 0. The van der Waals surface area contributed by atoms with Gasteiger partial charge in [0.2, 0.25) is 0 Å². The molecule has 7 rings (SSSR count). The summed E-state index contributed by atoms with van der Waals surface area (Å²) in [5.41, 5.74) is 6.37. The molecule has 1 N–H and O–H groups in total. The monoisotopic (exact) mass is 862 g/mol. The van der Waals surface area contributed by atoms with Crippen LogP contribution in [0.5, 0.6) is 11.5 Å². The molecule has 6 aromatic rings. The minimum Gasteiger partial charge on any atom is -0.506 e. The van der Waals surface area contributed by atoms with Gasteiger partial charge in [0.1, 0.15) is 42.0 Å². The van der Waals surface area contributed by atoms with Gasteiger partial charge in [0.05, 0.1) is 49.1 Å². The smallest absolute Gasteiger partial charge is 0.137 e. The SMILES string of the molecule is CCOc1ccc(Cc2cc(C3O[C@H](COCc4ccccc4)[C@@H](OCc4ccccc4)[C@H](OCc4ccccc4)[C@H]3OCc3ccccc3)c(O)c(Br)c2Cl)cc1. The number of phenolic OH excluding ortho intramolecular Hbond substituents is 1. The summed E-state index contributed by atoms with van der Waals surface area (Å²) in [6.07, 6.45) is -2.98. The minimum atomic E-state index is -0.820. The Morgan fingerprint density at radius 3 is 1.60 bits per heavy atom. The standard InChI is InChI=1S/C49H48BrClO7/c1-2-54-40-25-23-34(24-26-40)27-39-28-41(45(52)43(50)44(39)51)46-48(56-31-37-19-11-5-12-20-37)49(57-32-38-21-13-6-14-22-38)47(55-30-36-17-9-4-10-18-36)42(58-46)33-53-29-35-15-7-3-8-16-35/h3-26,28,42,46-49,52H,2,27,29-33H2,1H3/t42-,46?,47-,48+,49+/m1/s1. The molecule has 58 heavy (non-hydrogen) atoms. The van der Waals surface area contributed by atoms with Crippen molar-refractivity contribution in [3.05, 3.63) is 200 Å². The number of ether oxygens (including phenoxy) is 6. The normalized spacial score (nSPS) is 19.2. The molecule has 0 saturated carbocycles. The largest absolute Gasteiger partial charge is 0.506 e. The molecule has 1 unspecified atom stereocenters. The third-order valence-corrected chi connectivity index (χ3v) is 11.5. The Morgan fingerprint density at radius 2 is 1.09 bits per heavy atom. The van der Waals surface area contributed by atoms with Gasteiger partial charge >= 0.3 is 0 Å². The summed E-state index contributed by atoms with van der Waals surface area (Å²) in [5.74, 6) is 0.762. The molecule has 7 nitrogen and oxygen atoms in total. The maximum Gasteiger partial charge on any atom is 0.137 e. The number of hydrogen-bond acceptors (Lipinski definition) is 7. The summed E-state index contributed by atoms with van der Waals surface area (Å²) >= 11 is 10.6. The summed E-state index contributed by atoms with van der Waals surface area (Å²) in [6, 6.07) is 50.0. The Bertz CT molecular complexity index is 2140. The second kappa shape index (κ2) is 21.0. The summed E-state index contributed by atoms with van der Waals surface area (Å²) in [5, 5.41) is 12.4. The van der Waals surface area contributed by atoms with E-state index >= 15 is 0 Å². The first-order valence-corrected chi connectivity index (χ1v) is 20.8. The number of rotatable bonds is 18. The third-order valence-electron chi connectivity index (χ3n) is 10.1. The maximum atomic E-state index is 12.0. The highest BCUT2D eigenvalue weighted by Crippen LogP contribution is 2.46. The second-order valence-corrected chi connectivity index (χ2v) is 15.4. The molecule has 0 amide bonds. The van der Waals surface area contributed by atoms with Crippen molar-refractivity contribution in [3.8, 4) is 11.5 Å². The second-order valence-electron chi connectivity index (χ2n) is 14.2. The fourth-order valence-corrected chi connectivity index (χ4v) is 7.86. The van der Waals surface area contributed by atoms with Crippen LogP contribution >= 0.6 is 27.5 Å². The van der Waals surface area contributed by atoms with Crippen molar-refractivity contribution in [3.63, 3.8) is 0 Å². The zero-order valence-corrected chi connectivity index (χ0v) is 34.8. The van der Waals surface area contributed by atoms with Crippen LogP contribution in [0.15, 0.2) is 156 Å². The van der Waals surface area contributed by atoms with Crippen LogP contribution in [0.2, 0.25) is 5.02 Å². The van der Waals surface area contributed by atoms with E-state index in [2.05, 4.69) is 15.9 Å². The first-order chi connectivity index (χ1) is 28.5. The molecule has 1 aliphatic heterocycles. The molecule has 0 bridgehead atoms. The third kappa shape index (κ3) is 10.9. The maximum absolute atomic E-state index is 12.0. The number of phenols is 1. The van der Waals surface area contributed by atoms with Crippen LogP contribution in [0.1, 0.15) is 52.0 Å². The minimum absolute atomic E-state index is 0.0341. The molecule has 5 atom stereocenters. The molecule has 1 aliphatic rings. The van der Waals surface area contributed by atoms with Crippen molar-refractivity contribution in [1.29, 1.82) is 0 Å². The Morgan fingerprint density at radius 1 is 0.603 bits per heavy atom. The lowest BCUT2D eigenvalue weighted by Crippen LogP contribution is -2.58. The van der Waals surface area contributed by atoms with Gasteiger partial charge in [-0.1, -0.05) is 145 Å². The van der Waals surface area contributed by atoms with Gasteiger partial charge in [-0.2, -0.15) is 0 Å². The summed E-state index contributed by atoms with van der Waals surface area (Å²) < 4.78 is 40.3. The Balaban J connectivity index is 1.29. The number of halogens is 2. The van der Waals surface area contributed by atoms with Crippen LogP contribution in [0.4, 0.5) is 0 Å². The first-order valence-electron chi connectivity index (χ1n) is 19.6. The van der Waals surface area contributed by atoms with Crippen LogP contribution in [0.25, 0.3) is 0 Å². The molecule has 1 fully saturated rings. The predicted molar refractivity (Wildman–Crippen MR) is 230 cm³/mol. The van der Waals surface area contributed by atoms with Crippen LogP contribution in [-0.4, -0.2) is 42.7 Å². The van der Waals surface area contributed by atoms with Gasteiger partial charge in [0, 0.05) is 5.56 Å². The molecule has 0 spiro atoms. The Labute approximate surface area is 354 Å². The van der Waals surface area contributed by atoms with Gasteiger partial charge in [0.15, 0.2) is 0 Å². The van der Waals surface area contributed by atoms with E-state index in [1.54, 1.807) is 0 Å². The van der Waals surface area contributed by atoms with Crippen molar-refractivity contribution in [1.82, 2.24) is 0 Å². The van der Waals surface area contributed by atoms with Gasteiger partial charge in [0.25, 0.3) is 0 Å². The lowest BCUT2D eigenvalue weighted by Gasteiger charge is -2.46. The van der Waals surface area contributed by atoms with E-state index in [4.69, 9.17) is 40.0 Å². The topological polar surface area (TPSA) is 75.6 Å². The van der Waals surface area contributed by atoms with Crippen molar-refractivity contribution >= 4 is 27.5 Å².